The maximum Gasteiger partial charge on any atom is 0.335 e. The molecule has 1 aliphatic rings. The smallest absolute Gasteiger partial charge is 0.335 e. The van der Waals surface area contributed by atoms with Crippen molar-refractivity contribution in [3.8, 4) is 0 Å². The fourth-order valence-corrected chi connectivity index (χ4v) is 2.72. The molecule has 7 heteroatoms. The molecular weight excluding hydrogens is 244 g/mol. The Bertz CT molecular complexity index is 568. The van der Waals surface area contributed by atoms with Gasteiger partial charge >= 0.3 is 5.97 Å². The molecule has 0 saturated heterocycles. The first kappa shape index (κ1) is 11.7. The molecule has 92 valence electrons. The summed E-state index contributed by atoms with van der Waals surface area (Å²) in [6, 6.07) is 4.34. The lowest BCUT2D eigenvalue weighted by atomic mass is 10.1. The van der Waals surface area contributed by atoms with E-state index in [9.17, 15) is 13.2 Å². The Kier molecular flexibility index (Phi) is 2.70. The lowest BCUT2D eigenvalue weighted by Gasteiger charge is -2.30. The number of anilines is 2. The standard InChI is InChI=1S/C10H12N2O4S/c1-17(15,16)12-5-4-11-8-6-7(10(13)14)2-3-9(8)12/h2-3,6,11H,4-5H2,1H3,(H,13,14). The molecule has 6 nitrogen and oxygen atoms in total. The van der Waals surface area contributed by atoms with E-state index >= 15 is 0 Å². The predicted molar refractivity (Wildman–Crippen MR) is 64.1 cm³/mol. The van der Waals surface area contributed by atoms with Crippen LogP contribution in [-0.2, 0) is 10.0 Å². The molecular formula is C10H12N2O4S. The third-order valence-corrected chi connectivity index (χ3v) is 3.72. The Balaban J connectivity index is 2.51. The molecule has 0 aromatic heterocycles. The van der Waals surface area contributed by atoms with Gasteiger partial charge in [0.05, 0.1) is 29.7 Å². The minimum Gasteiger partial charge on any atom is -0.478 e. The Labute approximate surface area is 98.9 Å². The normalized spacial score (nSPS) is 15.0. The van der Waals surface area contributed by atoms with Gasteiger partial charge in [-0.25, -0.2) is 13.2 Å². The van der Waals surface area contributed by atoms with Gasteiger partial charge in [0.2, 0.25) is 10.0 Å². The van der Waals surface area contributed by atoms with Crippen LogP contribution in [0.2, 0.25) is 0 Å². The van der Waals surface area contributed by atoms with Crippen LogP contribution in [0.15, 0.2) is 18.2 Å². The van der Waals surface area contributed by atoms with Crippen LogP contribution in [0.25, 0.3) is 0 Å². The average Bonchev–Trinajstić information content (AvgIpc) is 2.26. The molecule has 0 saturated carbocycles. The lowest BCUT2D eigenvalue weighted by molar-refractivity contribution is 0.0697. The number of carbonyl (C=O) groups is 1. The maximum absolute atomic E-state index is 11.5. The number of nitrogens with zero attached hydrogens (tertiary/aromatic N) is 1. The summed E-state index contributed by atoms with van der Waals surface area (Å²) < 4.78 is 24.4. The molecule has 2 rings (SSSR count). The van der Waals surface area contributed by atoms with Gasteiger partial charge in [-0.05, 0) is 18.2 Å². The van der Waals surface area contributed by atoms with Crippen LogP contribution < -0.4 is 9.62 Å². The van der Waals surface area contributed by atoms with Gasteiger partial charge < -0.3 is 10.4 Å². The molecule has 17 heavy (non-hydrogen) atoms. The summed E-state index contributed by atoms with van der Waals surface area (Å²) in [7, 11) is -3.33. The molecule has 1 aromatic rings. The second-order valence-electron chi connectivity index (χ2n) is 3.80. The number of hydrogen-bond donors (Lipinski definition) is 2. The number of carboxylic acids is 1. The third kappa shape index (κ3) is 2.19. The van der Waals surface area contributed by atoms with Crippen LogP contribution in [0.3, 0.4) is 0 Å². The first-order chi connectivity index (χ1) is 7.89. The summed E-state index contributed by atoms with van der Waals surface area (Å²) in [4.78, 5) is 10.8. The Morgan fingerprint density at radius 2 is 2.18 bits per heavy atom. The number of nitrogens with one attached hydrogen (secondary N) is 1. The van der Waals surface area contributed by atoms with E-state index in [1.807, 2.05) is 0 Å². The van der Waals surface area contributed by atoms with Crippen LogP contribution >= 0.6 is 0 Å². The zero-order valence-electron chi connectivity index (χ0n) is 9.17. The summed E-state index contributed by atoms with van der Waals surface area (Å²) in [6.07, 6.45) is 1.13. The van der Waals surface area contributed by atoms with Gasteiger partial charge in [-0.1, -0.05) is 0 Å². The largest absolute Gasteiger partial charge is 0.478 e. The van der Waals surface area contributed by atoms with Crippen LogP contribution in [0.4, 0.5) is 11.4 Å². The molecule has 1 aromatic carbocycles. The highest BCUT2D eigenvalue weighted by atomic mass is 32.2. The van der Waals surface area contributed by atoms with Gasteiger partial charge in [0.1, 0.15) is 0 Å². The molecule has 1 aliphatic heterocycles. The summed E-state index contributed by atoms with van der Waals surface area (Å²) >= 11 is 0. The van der Waals surface area contributed by atoms with Gasteiger partial charge in [-0.2, -0.15) is 0 Å². The van der Waals surface area contributed by atoms with E-state index in [0.29, 0.717) is 24.5 Å². The van der Waals surface area contributed by atoms with Crippen molar-refractivity contribution < 1.29 is 18.3 Å². The van der Waals surface area contributed by atoms with Gasteiger partial charge in [-0.15, -0.1) is 0 Å². The second-order valence-corrected chi connectivity index (χ2v) is 5.71. The average molecular weight is 256 g/mol. The van der Waals surface area contributed by atoms with Crippen LogP contribution in [0.1, 0.15) is 10.4 Å². The van der Waals surface area contributed by atoms with Crippen molar-refractivity contribution >= 4 is 27.4 Å². The van der Waals surface area contributed by atoms with Crippen molar-refractivity contribution in [3.05, 3.63) is 23.8 Å². The predicted octanol–water partition coefficient (Wildman–Crippen LogP) is 0.576. The number of carboxylic acid groups (broad SMARTS) is 1. The van der Waals surface area contributed by atoms with E-state index in [1.165, 1.54) is 22.5 Å². The highest BCUT2D eigenvalue weighted by molar-refractivity contribution is 7.92. The van der Waals surface area contributed by atoms with Crippen molar-refractivity contribution in [2.75, 3.05) is 29.0 Å². The zero-order chi connectivity index (χ0) is 12.6. The Hall–Kier alpha value is -1.76. The highest BCUT2D eigenvalue weighted by Crippen LogP contribution is 2.31. The van der Waals surface area contributed by atoms with E-state index in [0.717, 1.165) is 6.26 Å². The minimum atomic E-state index is -3.33. The highest BCUT2D eigenvalue weighted by Gasteiger charge is 2.24. The monoisotopic (exact) mass is 256 g/mol. The summed E-state index contributed by atoms with van der Waals surface area (Å²) in [5.74, 6) is -1.04. The summed E-state index contributed by atoms with van der Waals surface area (Å²) in [5, 5.41) is 11.8. The van der Waals surface area contributed by atoms with E-state index < -0.39 is 16.0 Å². The quantitative estimate of drug-likeness (QED) is 0.808. The third-order valence-electron chi connectivity index (χ3n) is 2.54. The summed E-state index contributed by atoms with van der Waals surface area (Å²) in [6.45, 7) is 0.807. The fourth-order valence-electron chi connectivity index (χ4n) is 1.79. The molecule has 0 unspecified atom stereocenters. The van der Waals surface area contributed by atoms with Crippen LogP contribution in [0.5, 0.6) is 0 Å². The van der Waals surface area contributed by atoms with E-state index in [4.69, 9.17) is 5.11 Å². The van der Waals surface area contributed by atoms with Crippen molar-refractivity contribution in [3.63, 3.8) is 0 Å². The number of fused-ring (bicyclic) bond motifs is 1. The van der Waals surface area contributed by atoms with Crippen molar-refractivity contribution in [1.82, 2.24) is 0 Å². The SMILES string of the molecule is CS(=O)(=O)N1CCNc2cc(C(=O)O)ccc21. The van der Waals surface area contributed by atoms with Gasteiger partial charge in [-0.3, -0.25) is 4.31 Å². The molecule has 1 heterocycles. The van der Waals surface area contributed by atoms with Crippen LogP contribution in [-0.4, -0.2) is 38.8 Å². The van der Waals surface area contributed by atoms with Crippen LogP contribution in [0, 0.1) is 0 Å². The number of rotatable bonds is 2. The number of hydrogen-bond acceptors (Lipinski definition) is 4. The van der Waals surface area contributed by atoms with Crippen molar-refractivity contribution in [2.24, 2.45) is 0 Å². The zero-order valence-corrected chi connectivity index (χ0v) is 9.99. The summed E-state index contributed by atoms with van der Waals surface area (Å²) in [5.41, 5.74) is 1.15. The maximum atomic E-state index is 11.5. The number of sulfonamides is 1. The van der Waals surface area contributed by atoms with Gasteiger partial charge in [0, 0.05) is 6.54 Å². The van der Waals surface area contributed by atoms with Crippen molar-refractivity contribution in [2.45, 2.75) is 0 Å². The molecule has 0 fully saturated rings. The molecule has 2 N–H and O–H groups in total. The second kappa shape index (κ2) is 3.92. The first-order valence-electron chi connectivity index (χ1n) is 4.98. The molecule has 0 aliphatic carbocycles. The molecule has 0 spiro atoms. The first-order valence-corrected chi connectivity index (χ1v) is 6.83. The molecule has 0 radical (unpaired) electrons. The van der Waals surface area contributed by atoms with E-state index in [-0.39, 0.29) is 5.56 Å². The topological polar surface area (TPSA) is 86.7 Å². The van der Waals surface area contributed by atoms with E-state index in [1.54, 1.807) is 0 Å². The fraction of sp³-hybridized carbons (Fsp3) is 0.300. The van der Waals surface area contributed by atoms with Crippen molar-refractivity contribution in [1.29, 1.82) is 0 Å². The Morgan fingerprint density at radius 3 is 2.76 bits per heavy atom. The molecule has 0 amide bonds. The van der Waals surface area contributed by atoms with Gasteiger partial charge in [0.25, 0.3) is 0 Å². The number of aromatic carboxylic acids is 1. The molecule has 0 bridgehead atoms. The molecule has 0 atom stereocenters. The number of benzene rings is 1. The van der Waals surface area contributed by atoms with Gasteiger partial charge in [0.15, 0.2) is 0 Å². The minimum absolute atomic E-state index is 0.131. The Morgan fingerprint density at radius 1 is 1.47 bits per heavy atom. The lowest BCUT2D eigenvalue weighted by Crippen LogP contribution is -2.38. The van der Waals surface area contributed by atoms with E-state index in [2.05, 4.69) is 5.32 Å².